The van der Waals surface area contributed by atoms with Crippen LogP contribution in [0.1, 0.15) is 13.8 Å². The summed E-state index contributed by atoms with van der Waals surface area (Å²) in [6.45, 7) is 5.94. The summed E-state index contributed by atoms with van der Waals surface area (Å²) in [5.74, 6) is 3.19. The number of hydrogen-bond acceptors (Lipinski definition) is 4. The minimum absolute atomic E-state index is 0.346. The van der Waals surface area contributed by atoms with Crippen LogP contribution < -0.4 is 21.0 Å². The SMILES string of the molecule is C#CCN1CN(CC)c2c1n(CC)c(=O)[nH]c2=O. The number of fused-ring (bicyclic) bond motifs is 1. The molecule has 1 aromatic heterocycles. The van der Waals surface area contributed by atoms with Crippen molar-refractivity contribution in [3.8, 4) is 12.3 Å². The summed E-state index contributed by atoms with van der Waals surface area (Å²) in [5.41, 5.74) is -0.198. The maximum absolute atomic E-state index is 11.9. The minimum Gasteiger partial charge on any atom is -0.347 e. The number of aromatic nitrogens is 2. The highest BCUT2D eigenvalue weighted by molar-refractivity contribution is 5.72. The maximum atomic E-state index is 11.9. The van der Waals surface area contributed by atoms with Crippen molar-refractivity contribution in [2.75, 3.05) is 29.6 Å². The summed E-state index contributed by atoms with van der Waals surface area (Å²) < 4.78 is 1.55. The average molecular weight is 248 g/mol. The Hall–Kier alpha value is -2.16. The Balaban J connectivity index is 2.71. The summed E-state index contributed by atoms with van der Waals surface area (Å²) in [6.07, 6.45) is 5.34. The normalized spacial score (nSPS) is 13.6. The maximum Gasteiger partial charge on any atom is 0.330 e. The van der Waals surface area contributed by atoms with Crippen molar-refractivity contribution in [2.45, 2.75) is 20.4 Å². The molecule has 0 atom stereocenters. The van der Waals surface area contributed by atoms with Crippen LogP contribution in [0.5, 0.6) is 0 Å². The fourth-order valence-corrected chi connectivity index (χ4v) is 2.29. The molecule has 0 amide bonds. The molecule has 0 aliphatic carbocycles. The topological polar surface area (TPSA) is 61.3 Å². The van der Waals surface area contributed by atoms with Gasteiger partial charge in [0.25, 0.3) is 5.56 Å². The van der Waals surface area contributed by atoms with Gasteiger partial charge in [0.2, 0.25) is 0 Å². The van der Waals surface area contributed by atoms with Crippen LogP contribution in [-0.4, -0.2) is 29.3 Å². The van der Waals surface area contributed by atoms with Gasteiger partial charge in [0.05, 0.1) is 13.2 Å². The van der Waals surface area contributed by atoms with Gasteiger partial charge in [0, 0.05) is 13.1 Å². The Bertz CT molecular complexity index is 608. The molecule has 96 valence electrons. The lowest BCUT2D eigenvalue weighted by Crippen LogP contribution is -2.33. The van der Waals surface area contributed by atoms with Crippen LogP contribution >= 0.6 is 0 Å². The first kappa shape index (κ1) is 12.3. The van der Waals surface area contributed by atoms with Crippen LogP contribution in [0.3, 0.4) is 0 Å². The lowest BCUT2D eigenvalue weighted by Gasteiger charge is -2.18. The van der Waals surface area contributed by atoms with Crippen LogP contribution in [0.4, 0.5) is 11.5 Å². The number of nitrogens with zero attached hydrogens (tertiary/aromatic N) is 3. The first-order valence-electron chi connectivity index (χ1n) is 5.94. The van der Waals surface area contributed by atoms with E-state index in [9.17, 15) is 9.59 Å². The molecule has 2 heterocycles. The van der Waals surface area contributed by atoms with Crippen LogP contribution in [0.2, 0.25) is 0 Å². The number of anilines is 2. The van der Waals surface area contributed by atoms with Crippen molar-refractivity contribution >= 4 is 11.5 Å². The smallest absolute Gasteiger partial charge is 0.330 e. The van der Waals surface area contributed by atoms with Crippen molar-refractivity contribution in [1.29, 1.82) is 0 Å². The third kappa shape index (κ3) is 1.68. The highest BCUT2D eigenvalue weighted by atomic mass is 16.2. The molecule has 6 heteroatoms. The molecule has 1 aliphatic rings. The third-order valence-corrected chi connectivity index (χ3v) is 3.09. The van der Waals surface area contributed by atoms with E-state index in [1.165, 1.54) is 0 Å². The molecular weight excluding hydrogens is 232 g/mol. The van der Waals surface area contributed by atoms with Gasteiger partial charge < -0.3 is 9.80 Å². The van der Waals surface area contributed by atoms with Crippen molar-refractivity contribution in [2.24, 2.45) is 0 Å². The van der Waals surface area contributed by atoms with E-state index in [1.807, 2.05) is 23.6 Å². The molecule has 0 saturated carbocycles. The largest absolute Gasteiger partial charge is 0.347 e. The Morgan fingerprint density at radius 3 is 2.56 bits per heavy atom. The second kappa shape index (κ2) is 4.61. The molecule has 1 N–H and O–H groups in total. The van der Waals surface area contributed by atoms with E-state index in [4.69, 9.17) is 6.42 Å². The van der Waals surface area contributed by atoms with Gasteiger partial charge in [0.15, 0.2) is 0 Å². The molecule has 0 bridgehead atoms. The van der Waals surface area contributed by atoms with E-state index in [0.29, 0.717) is 37.8 Å². The Morgan fingerprint density at radius 1 is 1.28 bits per heavy atom. The number of rotatable bonds is 3. The molecule has 6 nitrogen and oxygen atoms in total. The van der Waals surface area contributed by atoms with Gasteiger partial charge in [-0.2, -0.15) is 0 Å². The first-order chi connectivity index (χ1) is 8.63. The number of terminal acetylenes is 1. The quantitative estimate of drug-likeness (QED) is 0.752. The molecule has 1 aliphatic heterocycles. The van der Waals surface area contributed by atoms with Gasteiger partial charge in [-0.1, -0.05) is 5.92 Å². The fraction of sp³-hybridized carbons (Fsp3) is 0.500. The Kier molecular flexibility index (Phi) is 3.15. The zero-order valence-corrected chi connectivity index (χ0v) is 10.6. The second-order valence-electron chi connectivity index (χ2n) is 4.08. The van der Waals surface area contributed by atoms with Gasteiger partial charge >= 0.3 is 5.69 Å². The molecule has 0 spiro atoms. The van der Waals surface area contributed by atoms with Crippen molar-refractivity contribution in [3.63, 3.8) is 0 Å². The van der Waals surface area contributed by atoms with Crippen LogP contribution in [0, 0.1) is 12.3 Å². The predicted octanol–water partition coefficient (Wildman–Crippen LogP) is -0.207. The van der Waals surface area contributed by atoms with E-state index in [2.05, 4.69) is 10.9 Å². The molecule has 0 unspecified atom stereocenters. The van der Waals surface area contributed by atoms with Gasteiger partial charge in [-0.05, 0) is 13.8 Å². The zero-order valence-electron chi connectivity index (χ0n) is 10.6. The lowest BCUT2D eigenvalue weighted by molar-refractivity contribution is 0.687. The predicted molar refractivity (Wildman–Crippen MR) is 71.1 cm³/mol. The van der Waals surface area contributed by atoms with Gasteiger partial charge in [-0.25, -0.2) is 4.79 Å². The fourth-order valence-electron chi connectivity index (χ4n) is 2.29. The van der Waals surface area contributed by atoms with Gasteiger partial charge in [-0.15, -0.1) is 6.42 Å². The van der Waals surface area contributed by atoms with Gasteiger partial charge in [-0.3, -0.25) is 14.3 Å². The first-order valence-corrected chi connectivity index (χ1v) is 5.94. The third-order valence-electron chi connectivity index (χ3n) is 3.09. The van der Waals surface area contributed by atoms with Crippen molar-refractivity contribution in [3.05, 3.63) is 20.8 Å². The monoisotopic (exact) mass is 248 g/mol. The number of hydrogen-bond donors (Lipinski definition) is 1. The number of H-pyrrole nitrogens is 1. The summed E-state index contributed by atoms with van der Waals surface area (Å²) in [6, 6.07) is 0. The van der Waals surface area contributed by atoms with Crippen molar-refractivity contribution < 1.29 is 0 Å². The molecule has 0 saturated heterocycles. The van der Waals surface area contributed by atoms with E-state index >= 15 is 0 Å². The second-order valence-corrected chi connectivity index (χ2v) is 4.08. The van der Waals surface area contributed by atoms with Gasteiger partial charge in [0.1, 0.15) is 11.5 Å². The van der Waals surface area contributed by atoms with Crippen LogP contribution in [0.15, 0.2) is 9.59 Å². The number of aromatic amines is 1. The molecule has 0 aromatic carbocycles. The molecular formula is C12H16N4O2. The summed E-state index contributed by atoms with van der Waals surface area (Å²) in [4.78, 5) is 29.9. The Morgan fingerprint density at radius 2 is 2.00 bits per heavy atom. The highest BCUT2D eigenvalue weighted by Gasteiger charge is 2.30. The molecule has 0 radical (unpaired) electrons. The van der Waals surface area contributed by atoms with Crippen molar-refractivity contribution in [1.82, 2.24) is 9.55 Å². The number of nitrogens with one attached hydrogen (secondary N) is 1. The van der Waals surface area contributed by atoms with E-state index < -0.39 is 0 Å². The minimum atomic E-state index is -0.388. The molecule has 0 fully saturated rings. The van der Waals surface area contributed by atoms with E-state index in [1.54, 1.807) is 4.57 Å². The summed E-state index contributed by atoms with van der Waals surface area (Å²) in [7, 11) is 0. The molecule has 2 rings (SSSR count). The molecule has 1 aromatic rings. The highest BCUT2D eigenvalue weighted by Crippen LogP contribution is 2.30. The van der Waals surface area contributed by atoms with Crippen LogP contribution in [0.25, 0.3) is 0 Å². The summed E-state index contributed by atoms with van der Waals surface area (Å²) in [5, 5.41) is 0. The standard InChI is InChI=1S/C12H16N4O2/c1-4-7-15-8-14(5-2)9-10(17)13-12(18)16(6-3)11(9)15/h1H,5-8H2,2-3H3,(H,13,17,18). The summed E-state index contributed by atoms with van der Waals surface area (Å²) >= 11 is 0. The Labute approximate surface area is 105 Å². The molecule has 18 heavy (non-hydrogen) atoms. The average Bonchev–Trinajstić information content (AvgIpc) is 2.70. The van der Waals surface area contributed by atoms with E-state index in [0.717, 1.165) is 0 Å². The zero-order chi connectivity index (χ0) is 13.3. The lowest BCUT2D eigenvalue weighted by atomic mass is 10.4. The van der Waals surface area contributed by atoms with E-state index in [-0.39, 0.29) is 11.2 Å². The van der Waals surface area contributed by atoms with Crippen LogP contribution in [-0.2, 0) is 6.54 Å².